The molecule has 26 heavy (non-hydrogen) atoms. The van der Waals surface area contributed by atoms with E-state index in [1.165, 1.54) is 0 Å². The van der Waals surface area contributed by atoms with Crippen LogP contribution in [0.15, 0.2) is 48.5 Å². The molecule has 0 aliphatic carbocycles. The van der Waals surface area contributed by atoms with Crippen LogP contribution in [-0.2, 0) is 13.0 Å². The monoisotopic (exact) mass is 373 g/mol. The van der Waals surface area contributed by atoms with Crippen molar-refractivity contribution in [2.45, 2.75) is 32.9 Å². The molecule has 0 aliphatic heterocycles. The Kier molecular flexibility index (Phi) is 7.48. The van der Waals surface area contributed by atoms with E-state index in [1.807, 2.05) is 50.2 Å². The molecule has 2 aromatic rings. The van der Waals surface area contributed by atoms with Gasteiger partial charge >= 0.3 is 6.03 Å². The second-order valence-corrected chi connectivity index (χ2v) is 6.75. The molecule has 0 bridgehead atoms. The lowest BCUT2D eigenvalue weighted by Gasteiger charge is -2.10. The first-order valence-corrected chi connectivity index (χ1v) is 8.98. The van der Waals surface area contributed by atoms with Crippen molar-refractivity contribution in [1.82, 2.24) is 16.0 Å². The standard InChI is InChI=1S/C20H24ClN3O2/c1-14(2)24-20(26)23-13-16-3-7-17(8-4-16)19(25)22-12-11-15-5-9-18(21)10-6-15/h3-10,14H,11-13H2,1-2H3,(H,22,25)(H2,23,24,26). The van der Waals surface area contributed by atoms with Gasteiger partial charge in [-0.25, -0.2) is 4.79 Å². The highest BCUT2D eigenvalue weighted by Crippen LogP contribution is 2.10. The second kappa shape index (κ2) is 9.82. The predicted octanol–water partition coefficient (Wildman–Crippen LogP) is 3.52. The van der Waals surface area contributed by atoms with Crippen LogP contribution in [0.1, 0.15) is 35.3 Å². The number of rotatable bonds is 7. The smallest absolute Gasteiger partial charge is 0.315 e. The summed E-state index contributed by atoms with van der Waals surface area (Å²) in [5.41, 5.74) is 2.65. The summed E-state index contributed by atoms with van der Waals surface area (Å²) in [7, 11) is 0. The Labute approximate surface area is 159 Å². The fraction of sp³-hybridized carbons (Fsp3) is 0.300. The first-order valence-electron chi connectivity index (χ1n) is 8.60. The van der Waals surface area contributed by atoms with Crippen molar-refractivity contribution in [1.29, 1.82) is 0 Å². The summed E-state index contributed by atoms with van der Waals surface area (Å²) in [5, 5.41) is 9.14. The molecular formula is C20H24ClN3O2. The van der Waals surface area contributed by atoms with Gasteiger partial charge in [0.15, 0.2) is 0 Å². The zero-order chi connectivity index (χ0) is 18.9. The van der Waals surface area contributed by atoms with Crippen molar-refractivity contribution in [2.75, 3.05) is 6.54 Å². The SMILES string of the molecule is CC(C)NC(=O)NCc1ccc(C(=O)NCCc2ccc(Cl)cc2)cc1. The molecule has 0 spiro atoms. The number of halogens is 1. The summed E-state index contributed by atoms with van der Waals surface area (Å²) in [5.74, 6) is -0.115. The second-order valence-electron chi connectivity index (χ2n) is 6.31. The average molecular weight is 374 g/mol. The van der Waals surface area contributed by atoms with Gasteiger partial charge in [-0.05, 0) is 55.7 Å². The molecule has 2 rings (SSSR count). The molecule has 0 aromatic heterocycles. The Morgan fingerprint density at radius 2 is 1.54 bits per heavy atom. The van der Waals surface area contributed by atoms with E-state index in [0.717, 1.165) is 17.5 Å². The molecule has 5 nitrogen and oxygen atoms in total. The number of nitrogens with one attached hydrogen (secondary N) is 3. The van der Waals surface area contributed by atoms with Gasteiger partial charge in [0.1, 0.15) is 0 Å². The zero-order valence-corrected chi connectivity index (χ0v) is 15.8. The van der Waals surface area contributed by atoms with Crippen LogP contribution in [0, 0.1) is 0 Å². The van der Waals surface area contributed by atoms with Crippen molar-refractivity contribution in [3.8, 4) is 0 Å². The van der Waals surface area contributed by atoms with Gasteiger partial charge in [0, 0.05) is 29.7 Å². The van der Waals surface area contributed by atoms with E-state index < -0.39 is 0 Å². The van der Waals surface area contributed by atoms with Crippen LogP contribution < -0.4 is 16.0 Å². The third-order valence-corrected chi connectivity index (χ3v) is 3.95. The molecule has 0 heterocycles. The number of urea groups is 1. The number of amides is 3. The largest absolute Gasteiger partial charge is 0.352 e. The number of carbonyl (C=O) groups excluding carboxylic acids is 2. The minimum atomic E-state index is -0.205. The van der Waals surface area contributed by atoms with E-state index in [9.17, 15) is 9.59 Å². The Balaban J connectivity index is 1.77. The summed E-state index contributed by atoms with van der Waals surface area (Å²) < 4.78 is 0. The lowest BCUT2D eigenvalue weighted by Crippen LogP contribution is -2.39. The summed E-state index contributed by atoms with van der Waals surface area (Å²) >= 11 is 5.85. The van der Waals surface area contributed by atoms with Crippen LogP contribution in [0.2, 0.25) is 5.02 Å². The lowest BCUT2D eigenvalue weighted by atomic mass is 10.1. The molecule has 3 N–H and O–H groups in total. The molecule has 0 unspecified atom stereocenters. The van der Waals surface area contributed by atoms with Crippen molar-refractivity contribution < 1.29 is 9.59 Å². The van der Waals surface area contributed by atoms with Crippen LogP contribution in [0.5, 0.6) is 0 Å². The Morgan fingerprint density at radius 1 is 0.923 bits per heavy atom. The quantitative estimate of drug-likeness (QED) is 0.695. The molecule has 6 heteroatoms. The normalized spacial score (nSPS) is 10.5. The molecule has 2 aromatic carbocycles. The maximum Gasteiger partial charge on any atom is 0.315 e. The van der Waals surface area contributed by atoms with Crippen LogP contribution >= 0.6 is 11.6 Å². The third-order valence-electron chi connectivity index (χ3n) is 3.70. The van der Waals surface area contributed by atoms with Crippen LogP contribution in [0.3, 0.4) is 0 Å². The van der Waals surface area contributed by atoms with Gasteiger partial charge in [0.05, 0.1) is 0 Å². The summed E-state index contributed by atoms with van der Waals surface area (Å²) in [6.45, 7) is 4.77. The molecule has 0 saturated heterocycles. The average Bonchev–Trinajstić information content (AvgIpc) is 2.61. The number of hydrogen-bond acceptors (Lipinski definition) is 2. The summed E-state index contributed by atoms with van der Waals surface area (Å²) in [6, 6.07) is 14.7. The van der Waals surface area contributed by atoms with Gasteiger partial charge in [0.25, 0.3) is 5.91 Å². The van der Waals surface area contributed by atoms with Gasteiger partial charge in [0.2, 0.25) is 0 Å². The summed E-state index contributed by atoms with van der Waals surface area (Å²) in [6.07, 6.45) is 0.746. The van der Waals surface area contributed by atoms with Crippen LogP contribution in [0.4, 0.5) is 4.79 Å². The van der Waals surface area contributed by atoms with Gasteiger partial charge in [-0.2, -0.15) is 0 Å². The molecule has 138 valence electrons. The highest BCUT2D eigenvalue weighted by atomic mass is 35.5. The molecule has 3 amide bonds. The topological polar surface area (TPSA) is 70.2 Å². The van der Waals surface area contributed by atoms with Crippen molar-refractivity contribution in [3.05, 3.63) is 70.2 Å². The number of benzene rings is 2. The van der Waals surface area contributed by atoms with E-state index in [0.29, 0.717) is 23.7 Å². The molecule has 0 fully saturated rings. The summed E-state index contributed by atoms with van der Waals surface area (Å²) in [4.78, 5) is 23.7. The maximum absolute atomic E-state index is 12.2. The number of carbonyl (C=O) groups is 2. The van der Waals surface area contributed by atoms with E-state index in [4.69, 9.17) is 11.6 Å². The van der Waals surface area contributed by atoms with E-state index in [2.05, 4.69) is 16.0 Å². The Morgan fingerprint density at radius 3 is 2.15 bits per heavy atom. The van der Waals surface area contributed by atoms with E-state index in [-0.39, 0.29) is 18.0 Å². The zero-order valence-electron chi connectivity index (χ0n) is 15.0. The minimum absolute atomic E-state index is 0.0916. The van der Waals surface area contributed by atoms with Crippen molar-refractivity contribution in [2.24, 2.45) is 0 Å². The van der Waals surface area contributed by atoms with Crippen molar-refractivity contribution >= 4 is 23.5 Å². The highest BCUT2D eigenvalue weighted by Gasteiger charge is 2.06. The van der Waals surface area contributed by atoms with Gasteiger partial charge < -0.3 is 16.0 Å². The molecule has 0 atom stereocenters. The highest BCUT2D eigenvalue weighted by molar-refractivity contribution is 6.30. The molecular weight excluding hydrogens is 350 g/mol. The Bertz CT molecular complexity index is 728. The van der Waals surface area contributed by atoms with Gasteiger partial charge in [-0.3, -0.25) is 4.79 Å². The van der Waals surface area contributed by atoms with Gasteiger partial charge in [-0.1, -0.05) is 35.9 Å². The minimum Gasteiger partial charge on any atom is -0.352 e. The van der Waals surface area contributed by atoms with E-state index >= 15 is 0 Å². The molecule has 0 aliphatic rings. The van der Waals surface area contributed by atoms with Crippen molar-refractivity contribution in [3.63, 3.8) is 0 Å². The van der Waals surface area contributed by atoms with Crippen LogP contribution in [0.25, 0.3) is 0 Å². The lowest BCUT2D eigenvalue weighted by molar-refractivity contribution is 0.0954. The number of hydrogen-bond donors (Lipinski definition) is 3. The predicted molar refractivity (Wildman–Crippen MR) is 104 cm³/mol. The fourth-order valence-electron chi connectivity index (χ4n) is 2.34. The molecule has 0 radical (unpaired) electrons. The maximum atomic E-state index is 12.2. The Hall–Kier alpha value is -2.53. The third kappa shape index (κ3) is 6.76. The first-order chi connectivity index (χ1) is 12.4. The molecule has 0 saturated carbocycles. The first kappa shape index (κ1) is 19.8. The van der Waals surface area contributed by atoms with Gasteiger partial charge in [-0.15, -0.1) is 0 Å². The van der Waals surface area contributed by atoms with E-state index in [1.54, 1.807) is 12.1 Å². The fourth-order valence-corrected chi connectivity index (χ4v) is 2.47. The van der Waals surface area contributed by atoms with Crippen LogP contribution in [-0.4, -0.2) is 24.5 Å².